The van der Waals surface area contributed by atoms with Crippen molar-refractivity contribution in [1.29, 1.82) is 0 Å². The molecule has 9 rings (SSSR count). The summed E-state index contributed by atoms with van der Waals surface area (Å²) in [6.07, 6.45) is 0. The molecule has 0 amide bonds. The quantitative estimate of drug-likeness (QED) is 0.159. The molecule has 1 heterocycles. The van der Waals surface area contributed by atoms with E-state index in [1.165, 1.54) is 16.7 Å². The first kappa shape index (κ1) is 32.7. The Hall–Kier alpha value is -7.23. The van der Waals surface area contributed by atoms with Crippen LogP contribution in [0.3, 0.4) is 0 Å². The van der Waals surface area contributed by atoms with Gasteiger partial charge in [-0.25, -0.2) is 15.0 Å². The van der Waals surface area contributed by atoms with Gasteiger partial charge in [0.2, 0.25) is 0 Å². The first-order valence-electron chi connectivity index (χ1n) is 18.2. The number of hydrogen-bond donors (Lipinski definition) is 0. The monoisotopic (exact) mass is 689 g/mol. The van der Waals surface area contributed by atoms with Crippen molar-refractivity contribution in [1.82, 2.24) is 15.0 Å². The van der Waals surface area contributed by atoms with E-state index in [-0.39, 0.29) is 0 Å². The molecule has 0 aliphatic carbocycles. The predicted octanol–water partition coefficient (Wildman–Crippen LogP) is 13.2. The van der Waals surface area contributed by atoms with Crippen molar-refractivity contribution in [2.24, 2.45) is 0 Å². The molecule has 3 heteroatoms. The second-order valence-corrected chi connectivity index (χ2v) is 13.3. The third-order valence-electron chi connectivity index (χ3n) is 9.78. The lowest BCUT2D eigenvalue weighted by Crippen LogP contribution is -2.01. The minimum Gasteiger partial charge on any atom is -0.208 e. The maximum Gasteiger partial charge on any atom is 0.164 e. The molecular weight excluding hydrogens is 655 g/mol. The lowest BCUT2D eigenvalue weighted by Gasteiger charge is -2.14. The number of nitrogens with zero attached hydrogens (tertiary/aromatic N) is 3. The van der Waals surface area contributed by atoms with Crippen LogP contribution in [0.2, 0.25) is 0 Å². The van der Waals surface area contributed by atoms with E-state index in [0.29, 0.717) is 17.5 Å². The fraction of sp³-hybridized carbons (Fsp3) is 0. The van der Waals surface area contributed by atoms with E-state index < -0.39 is 0 Å². The Labute approximate surface area is 316 Å². The Morgan fingerprint density at radius 3 is 1.06 bits per heavy atom. The van der Waals surface area contributed by atoms with Gasteiger partial charge in [-0.2, -0.15) is 0 Å². The van der Waals surface area contributed by atoms with Gasteiger partial charge in [-0.15, -0.1) is 0 Å². The average Bonchev–Trinajstić information content (AvgIpc) is 3.27. The standard InChI is InChI=1S/C51H35N3/c1-5-14-36(15-6-1)39-24-26-41(27-25-39)44-22-13-23-46(34-44)50-52-49(43-30-28-40(29-31-43)37-16-7-2-8-17-37)53-51(54-50)48-35-45(38-18-9-3-10-19-38)32-33-47(48)42-20-11-4-12-21-42/h1-35H. The van der Waals surface area contributed by atoms with Crippen molar-refractivity contribution in [2.45, 2.75) is 0 Å². The maximum atomic E-state index is 5.25. The van der Waals surface area contributed by atoms with Gasteiger partial charge in [0.05, 0.1) is 0 Å². The van der Waals surface area contributed by atoms with Crippen LogP contribution >= 0.6 is 0 Å². The molecule has 0 fully saturated rings. The molecule has 0 saturated carbocycles. The van der Waals surface area contributed by atoms with Gasteiger partial charge in [0.25, 0.3) is 0 Å². The highest BCUT2D eigenvalue weighted by atomic mass is 15.0. The first-order chi connectivity index (χ1) is 26.7. The van der Waals surface area contributed by atoms with Gasteiger partial charge < -0.3 is 0 Å². The fourth-order valence-corrected chi connectivity index (χ4v) is 6.93. The zero-order valence-electron chi connectivity index (χ0n) is 29.5. The molecule has 0 bridgehead atoms. The Balaban J connectivity index is 1.19. The maximum absolute atomic E-state index is 5.25. The Morgan fingerprint density at radius 1 is 0.185 bits per heavy atom. The third kappa shape index (κ3) is 6.87. The molecule has 0 saturated heterocycles. The second-order valence-electron chi connectivity index (χ2n) is 13.3. The van der Waals surface area contributed by atoms with Gasteiger partial charge in [-0.05, 0) is 67.8 Å². The van der Waals surface area contributed by atoms with Crippen LogP contribution in [0, 0.1) is 0 Å². The third-order valence-corrected chi connectivity index (χ3v) is 9.78. The summed E-state index contributed by atoms with van der Waals surface area (Å²) in [7, 11) is 0. The van der Waals surface area contributed by atoms with Crippen LogP contribution < -0.4 is 0 Å². The lowest BCUT2D eigenvalue weighted by molar-refractivity contribution is 1.07. The topological polar surface area (TPSA) is 38.7 Å². The summed E-state index contributed by atoms with van der Waals surface area (Å²) in [4.78, 5) is 15.6. The number of hydrogen-bond acceptors (Lipinski definition) is 3. The minimum atomic E-state index is 0.619. The van der Waals surface area contributed by atoms with E-state index in [4.69, 9.17) is 15.0 Å². The first-order valence-corrected chi connectivity index (χ1v) is 18.2. The predicted molar refractivity (Wildman–Crippen MR) is 223 cm³/mol. The molecule has 9 aromatic rings. The molecule has 0 unspecified atom stereocenters. The van der Waals surface area contributed by atoms with Crippen LogP contribution in [0.15, 0.2) is 212 Å². The van der Waals surface area contributed by atoms with Crippen molar-refractivity contribution in [3.63, 3.8) is 0 Å². The molecule has 3 nitrogen and oxygen atoms in total. The second kappa shape index (κ2) is 14.8. The molecule has 0 radical (unpaired) electrons. The zero-order chi connectivity index (χ0) is 36.1. The van der Waals surface area contributed by atoms with Crippen molar-refractivity contribution >= 4 is 0 Å². The molecule has 8 aromatic carbocycles. The molecule has 1 aromatic heterocycles. The molecule has 0 aliphatic heterocycles. The van der Waals surface area contributed by atoms with E-state index in [0.717, 1.165) is 55.6 Å². The van der Waals surface area contributed by atoms with E-state index in [9.17, 15) is 0 Å². The Kier molecular flexibility index (Phi) is 8.94. The molecular formula is C51H35N3. The van der Waals surface area contributed by atoms with Crippen molar-refractivity contribution in [3.8, 4) is 89.8 Å². The van der Waals surface area contributed by atoms with Gasteiger partial charge in [0.1, 0.15) is 0 Å². The number of benzene rings is 8. The summed E-state index contributed by atoms with van der Waals surface area (Å²) in [5, 5.41) is 0. The van der Waals surface area contributed by atoms with Crippen LogP contribution in [0.25, 0.3) is 89.8 Å². The number of aromatic nitrogens is 3. The van der Waals surface area contributed by atoms with Crippen LogP contribution in [0.1, 0.15) is 0 Å². The normalized spacial score (nSPS) is 11.0. The highest BCUT2D eigenvalue weighted by Gasteiger charge is 2.18. The van der Waals surface area contributed by atoms with Crippen LogP contribution in [0.4, 0.5) is 0 Å². The molecule has 254 valence electrons. The smallest absolute Gasteiger partial charge is 0.164 e. The van der Waals surface area contributed by atoms with E-state index in [1.54, 1.807) is 0 Å². The molecule has 0 spiro atoms. The minimum absolute atomic E-state index is 0.619. The van der Waals surface area contributed by atoms with Gasteiger partial charge in [0.15, 0.2) is 17.5 Å². The molecule has 0 aliphatic rings. The molecule has 0 atom stereocenters. The summed E-state index contributed by atoms with van der Waals surface area (Å²) in [5.41, 5.74) is 14.1. The van der Waals surface area contributed by atoms with Gasteiger partial charge in [-0.1, -0.05) is 200 Å². The summed E-state index contributed by atoms with van der Waals surface area (Å²) in [6, 6.07) is 74.1. The summed E-state index contributed by atoms with van der Waals surface area (Å²) < 4.78 is 0. The fourth-order valence-electron chi connectivity index (χ4n) is 6.93. The molecule has 0 N–H and O–H groups in total. The van der Waals surface area contributed by atoms with Crippen LogP contribution in [-0.4, -0.2) is 15.0 Å². The van der Waals surface area contributed by atoms with E-state index in [1.807, 2.05) is 24.3 Å². The lowest BCUT2D eigenvalue weighted by atomic mass is 9.94. The van der Waals surface area contributed by atoms with Crippen LogP contribution in [0.5, 0.6) is 0 Å². The summed E-state index contributed by atoms with van der Waals surface area (Å²) >= 11 is 0. The summed E-state index contributed by atoms with van der Waals surface area (Å²) in [6.45, 7) is 0. The Bertz CT molecular complexity index is 2660. The van der Waals surface area contributed by atoms with Gasteiger partial charge in [0, 0.05) is 16.7 Å². The summed E-state index contributed by atoms with van der Waals surface area (Å²) in [5.74, 6) is 1.86. The highest BCUT2D eigenvalue weighted by Crippen LogP contribution is 2.37. The van der Waals surface area contributed by atoms with Crippen molar-refractivity contribution in [2.75, 3.05) is 0 Å². The van der Waals surface area contributed by atoms with E-state index >= 15 is 0 Å². The van der Waals surface area contributed by atoms with Crippen LogP contribution in [-0.2, 0) is 0 Å². The van der Waals surface area contributed by atoms with E-state index in [2.05, 4.69) is 188 Å². The number of rotatable bonds is 8. The average molecular weight is 690 g/mol. The Morgan fingerprint density at radius 2 is 0.519 bits per heavy atom. The SMILES string of the molecule is c1ccc(-c2ccc(-c3cccc(-c4nc(-c5ccc(-c6ccccc6)cc5)nc(-c5cc(-c6ccccc6)ccc5-c5ccccc5)n4)c3)cc2)cc1. The van der Waals surface area contributed by atoms with Crippen molar-refractivity contribution < 1.29 is 0 Å². The van der Waals surface area contributed by atoms with Gasteiger partial charge >= 0.3 is 0 Å². The highest BCUT2D eigenvalue weighted by molar-refractivity contribution is 5.86. The van der Waals surface area contributed by atoms with Gasteiger partial charge in [-0.3, -0.25) is 0 Å². The largest absolute Gasteiger partial charge is 0.208 e. The van der Waals surface area contributed by atoms with Crippen molar-refractivity contribution in [3.05, 3.63) is 212 Å². The molecule has 54 heavy (non-hydrogen) atoms. The zero-order valence-corrected chi connectivity index (χ0v) is 29.5.